The molecule has 0 unspecified atom stereocenters. The first-order valence-electron chi connectivity index (χ1n) is 8.50. The van der Waals surface area contributed by atoms with E-state index in [0.717, 1.165) is 42.8 Å². The van der Waals surface area contributed by atoms with Crippen LogP contribution in [-0.4, -0.2) is 57.5 Å². The van der Waals surface area contributed by atoms with Crippen molar-refractivity contribution < 1.29 is 14.6 Å². The van der Waals surface area contributed by atoms with Crippen LogP contribution in [0.2, 0.25) is 0 Å². The van der Waals surface area contributed by atoms with Crippen molar-refractivity contribution in [2.24, 2.45) is 0 Å². The number of hydrogen-bond acceptors (Lipinski definition) is 4. The van der Waals surface area contributed by atoms with Crippen LogP contribution in [-0.2, 0) is 16.0 Å². The van der Waals surface area contributed by atoms with E-state index in [2.05, 4.69) is 10.2 Å². The number of aromatic nitrogens is 2. The van der Waals surface area contributed by atoms with Gasteiger partial charge in [-0.3, -0.25) is 9.89 Å². The third-order valence-electron chi connectivity index (χ3n) is 5.81. The lowest BCUT2D eigenvalue weighted by atomic mass is 9.79. The molecule has 128 valence electrons. The number of carbonyl (C=O) groups excluding carboxylic acids is 1. The van der Waals surface area contributed by atoms with E-state index in [0.29, 0.717) is 19.3 Å². The highest BCUT2D eigenvalue weighted by molar-refractivity contribution is 5.77. The molecule has 1 aromatic heterocycles. The van der Waals surface area contributed by atoms with E-state index in [4.69, 9.17) is 4.74 Å². The Kier molecular flexibility index (Phi) is 4.47. The smallest absolute Gasteiger partial charge is 0.223 e. The quantitative estimate of drug-likeness (QED) is 0.881. The maximum Gasteiger partial charge on any atom is 0.223 e. The van der Waals surface area contributed by atoms with Crippen LogP contribution in [0.15, 0.2) is 0 Å². The number of methoxy groups -OCH3 is 1. The van der Waals surface area contributed by atoms with E-state index < -0.39 is 0 Å². The highest BCUT2D eigenvalue weighted by Crippen LogP contribution is 2.42. The van der Waals surface area contributed by atoms with Crippen molar-refractivity contribution in [3.63, 3.8) is 0 Å². The number of likely N-dealkylation sites (tertiary alicyclic amines) is 1. The molecule has 0 bridgehead atoms. The summed E-state index contributed by atoms with van der Waals surface area (Å²) in [5.41, 5.74) is 2.91. The summed E-state index contributed by atoms with van der Waals surface area (Å²) in [6.45, 7) is 4.75. The molecule has 2 heterocycles. The number of aryl methyl sites for hydroxylation is 2. The van der Waals surface area contributed by atoms with Gasteiger partial charge in [0.05, 0.1) is 23.4 Å². The average Bonchev–Trinajstić information content (AvgIpc) is 3.07. The first kappa shape index (κ1) is 16.5. The predicted octanol–water partition coefficient (Wildman–Crippen LogP) is 1.49. The van der Waals surface area contributed by atoms with Gasteiger partial charge < -0.3 is 14.7 Å². The molecule has 1 saturated heterocycles. The SMILES string of the molecule is CO[C@@]12CC[C@H](O)C[C@@H]1N(C(=O)CCc1n[nH]c(C)c1C)CC2. The molecule has 1 amide bonds. The molecule has 1 saturated carbocycles. The van der Waals surface area contributed by atoms with Crippen LogP contribution < -0.4 is 0 Å². The molecule has 6 heteroatoms. The van der Waals surface area contributed by atoms with Gasteiger partial charge in [-0.2, -0.15) is 5.10 Å². The summed E-state index contributed by atoms with van der Waals surface area (Å²) < 4.78 is 5.79. The lowest BCUT2D eigenvalue weighted by Crippen LogP contribution is -2.52. The van der Waals surface area contributed by atoms with Crippen molar-refractivity contribution in [3.8, 4) is 0 Å². The van der Waals surface area contributed by atoms with Crippen LogP contribution in [0.4, 0.5) is 0 Å². The number of aromatic amines is 1. The second-order valence-corrected chi connectivity index (χ2v) is 6.97. The average molecular weight is 321 g/mol. The van der Waals surface area contributed by atoms with Gasteiger partial charge in [-0.05, 0) is 45.1 Å². The van der Waals surface area contributed by atoms with Crippen LogP contribution in [0.5, 0.6) is 0 Å². The predicted molar refractivity (Wildman–Crippen MR) is 86.1 cm³/mol. The molecule has 1 aromatic rings. The zero-order chi connectivity index (χ0) is 16.6. The minimum atomic E-state index is -0.326. The van der Waals surface area contributed by atoms with Gasteiger partial charge in [0, 0.05) is 32.2 Å². The number of nitrogens with zero attached hydrogens (tertiary/aromatic N) is 2. The van der Waals surface area contributed by atoms with E-state index in [1.54, 1.807) is 7.11 Å². The summed E-state index contributed by atoms with van der Waals surface area (Å²) in [5.74, 6) is 0.142. The molecule has 0 aromatic carbocycles. The van der Waals surface area contributed by atoms with Gasteiger partial charge in [-0.15, -0.1) is 0 Å². The fourth-order valence-corrected chi connectivity index (χ4v) is 4.12. The van der Waals surface area contributed by atoms with E-state index in [1.807, 2.05) is 18.7 Å². The number of nitrogens with one attached hydrogen (secondary N) is 1. The van der Waals surface area contributed by atoms with Crippen molar-refractivity contribution >= 4 is 5.91 Å². The Morgan fingerprint density at radius 3 is 2.91 bits per heavy atom. The summed E-state index contributed by atoms with van der Waals surface area (Å²) >= 11 is 0. The van der Waals surface area contributed by atoms with Gasteiger partial charge in [-0.1, -0.05) is 0 Å². The molecule has 0 radical (unpaired) electrons. The molecule has 23 heavy (non-hydrogen) atoms. The van der Waals surface area contributed by atoms with Crippen molar-refractivity contribution in [1.29, 1.82) is 0 Å². The summed E-state index contributed by atoms with van der Waals surface area (Å²) in [5, 5.41) is 17.3. The Morgan fingerprint density at radius 2 is 2.26 bits per heavy atom. The Bertz CT molecular complexity index is 586. The number of H-pyrrole nitrogens is 1. The third kappa shape index (κ3) is 2.90. The third-order valence-corrected chi connectivity index (χ3v) is 5.81. The van der Waals surface area contributed by atoms with Crippen molar-refractivity contribution in [3.05, 3.63) is 17.0 Å². The first-order valence-corrected chi connectivity index (χ1v) is 8.50. The van der Waals surface area contributed by atoms with Gasteiger partial charge >= 0.3 is 0 Å². The topological polar surface area (TPSA) is 78.5 Å². The number of hydrogen-bond donors (Lipinski definition) is 2. The van der Waals surface area contributed by atoms with Gasteiger partial charge in [0.15, 0.2) is 0 Å². The zero-order valence-corrected chi connectivity index (χ0v) is 14.3. The van der Waals surface area contributed by atoms with Crippen molar-refractivity contribution in [1.82, 2.24) is 15.1 Å². The number of rotatable bonds is 4. The number of amides is 1. The molecule has 2 fully saturated rings. The van der Waals surface area contributed by atoms with E-state index in [1.165, 1.54) is 0 Å². The fourth-order valence-electron chi connectivity index (χ4n) is 4.12. The molecular formula is C17H27N3O3. The molecular weight excluding hydrogens is 294 g/mol. The number of carbonyl (C=O) groups is 1. The summed E-state index contributed by atoms with van der Waals surface area (Å²) in [7, 11) is 1.73. The normalized spacial score (nSPS) is 30.5. The standard InChI is InChI=1S/C17H27N3O3/c1-11-12(2)18-19-14(11)4-5-16(22)20-9-8-17(23-3)7-6-13(21)10-15(17)20/h13,15,21H,4-10H2,1-3H3,(H,18,19)/t13-,15-,17+/m0/s1. The second kappa shape index (κ2) is 6.24. The Balaban J connectivity index is 1.66. The maximum absolute atomic E-state index is 12.7. The van der Waals surface area contributed by atoms with Crippen LogP contribution >= 0.6 is 0 Å². The van der Waals surface area contributed by atoms with Crippen molar-refractivity contribution in [2.75, 3.05) is 13.7 Å². The van der Waals surface area contributed by atoms with E-state index >= 15 is 0 Å². The van der Waals surface area contributed by atoms with Crippen LogP contribution in [0.25, 0.3) is 0 Å². The Labute approximate surface area is 137 Å². The minimum absolute atomic E-state index is 0.00534. The van der Waals surface area contributed by atoms with Gasteiger partial charge in [0.2, 0.25) is 5.91 Å². The van der Waals surface area contributed by atoms with E-state index in [9.17, 15) is 9.90 Å². The lowest BCUT2D eigenvalue weighted by Gasteiger charge is -2.42. The highest BCUT2D eigenvalue weighted by Gasteiger charge is 2.52. The highest BCUT2D eigenvalue weighted by atomic mass is 16.5. The summed E-state index contributed by atoms with van der Waals surface area (Å²) in [4.78, 5) is 14.6. The first-order chi connectivity index (χ1) is 11.0. The van der Waals surface area contributed by atoms with Crippen LogP contribution in [0.1, 0.15) is 49.1 Å². The summed E-state index contributed by atoms with van der Waals surface area (Å²) in [6, 6.07) is 0.00534. The van der Waals surface area contributed by atoms with Crippen molar-refractivity contribution in [2.45, 2.75) is 70.1 Å². The second-order valence-electron chi connectivity index (χ2n) is 6.97. The molecule has 0 spiro atoms. The zero-order valence-electron chi connectivity index (χ0n) is 14.3. The number of aliphatic hydroxyl groups is 1. The maximum atomic E-state index is 12.7. The summed E-state index contributed by atoms with van der Waals surface area (Å²) in [6.07, 6.45) is 3.87. The monoisotopic (exact) mass is 321 g/mol. The van der Waals surface area contributed by atoms with Crippen LogP contribution in [0, 0.1) is 13.8 Å². The Morgan fingerprint density at radius 1 is 1.48 bits per heavy atom. The lowest BCUT2D eigenvalue weighted by molar-refractivity contribution is -0.139. The van der Waals surface area contributed by atoms with Gasteiger partial charge in [-0.25, -0.2) is 0 Å². The molecule has 3 rings (SSSR count). The van der Waals surface area contributed by atoms with Gasteiger partial charge in [0.25, 0.3) is 0 Å². The molecule has 1 aliphatic heterocycles. The molecule has 2 aliphatic rings. The Hall–Kier alpha value is -1.40. The molecule has 2 N–H and O–H groups in total. The van der Waals surface area contributed by atoms with Crippen LogP contribution in [0.3, 0.4) is 0 Å². The minimum Gasteiger partial charge on any atom is -0.393 e. The fraction of sp³-hybridized carbons (Fsp3) is 0.765. The molecule has 1 aliphatic carbocycles. The molecule has 3 atom stereocenters. The number of ether oxygens (including phenoxy) is 1. The van der Waals surface area contributed by atoms with Gasteiger partial charge in [0.1, 0.15) is 0 Å². The largest absolute Gasteiger partial charge is 0.393 e. The molecule has 6 nitrogen and oxygen atoms in total. The number of fused-ring (bicyclic) bond motifs is 1. The number of aliphatic hydroxyl groups excluding tert-OH is 1. The van der Waals surface area contributed by atoms with E-state index in [-0.39, 0.29) is 23.7 Å².